The Morgan fingerprint density at radius 1 is 1.14 bits per heavy atom. The Morgan fingerprint density at radius 3 is 2.64 bits per heavy atom. The molecule has 1 aromatic carbocycles. The van der Waals surface area contributed by atoms with Gasteiger partial charge in [-0.1, -0.05) is 12.1 Å². The lowest BCUT2D eigenvalue weighted by molar-refractivity contribution is -0.137. The molecule has 0 saturated carbocycles. The van der Waals surface area contributed by atoms with E-state index in [1.54, 1.807) is 12.1 Å². The van der Waals surface area contributed by atoms with Crippen molar-refractivity contribution in [3.8, 4) is 0 Å². The minimum atomic E-state index is -4.45. The molecular weight excluding hydrogens is 299 g/mol. The highest BCUT2D eigenvalue weighted by molar-refractivity contribution is 6.11. The van der Waals surface area contributed by atoms with Crippen molar-refractivity contribution in [3.05, 3.63) is 65.2 Å². The minimum absolute atomic E-state index is 0.0202. The lowest BCUT2D eigenvalue weighted by atomic mass is 10.1. The predicted molar refractivity (Wildman–Crippen MR) is 70.8 cm³/mol. The maximum absolute atomic E-state index is 12.7. The molecule has 2 aromatic rings. The third kappa shape index (κ3) is 2.78. The van der Waals surface area contributed by atoms with Crippen LogP contribution in [0.3, 0.4) is 0 Å². The smallest absolute Gasteiger partial charge is 0.416 e. The number of hydrogen-bond donors (Lipinski definition) is 0. The van der Waals surface area contributed by atoms with E-state index < -0.39 is 17.7 Å². The van der Waals surface area contributed by atoms with Gasteiger partial charge in [0, 0.05) is 0 Å². The number of furan rings is 1. The van der Waals surface area contributed by atoms with Gasteiger partial charge in [-0.05, 0) is 35.9 Å². The molecule has 3 rings (SSSR count). The molecule has 7 heteroatoms. The second-order valence-electron chi connectivity index (χ2n) is 4.44. The summed E-state index contributed by atoms with van der Waals surface area (Å²) in [6, 6.07) is 7.73. The van der Waals surface area contributed by atoms with E-state index in [0.717, 1.165) is 12.1 Å². The van der Waals surface area contributed by atoms with Crippen LogP contribution in [0.5, 0.6) is 0 Å². The van der Waals surface area contributed by atoms with Gasteiger partial charge in [-0.15, -0.1) is 0 Å². The van der Waals surface area contributed by atoms with Crippen molar-refractivity contribution in [2.75, 3.05) is 0 Å². The van der Waals surface area contributed by atoms with E-state index in [-0.39, 0.29) is 22.9 Å². The normalized spacial score (nSPS) is 16.8. The second kappa shape index (κ2) is 5.18. The Hall–Kier alpha value is -2.83. The van der Waals surface area contributed by atoms with Crippen molar-refractivity contribution in [3.63, 3.8) is 0 Å². The van der Waals surface area contributed by atoms with Gasteiger partial charge in [-0.2, -0.15) is 13.2 Å². The van der Waals surface area contributed by atoms with E-state index in [0.29, 0.717) is 0 Å². The molecule has 4 nitrogen and oxygen atoms in total. The summed E-state index contributed by atoms with van der Waals surface area (Å²) in [5.74, 6) is -0.502. The van der Waals surface area contributed by atoms with Crippen LogP contribution in [0, 0.1) is 0 Å². The maximum Gasteiger partial charge on any atom is 0.416 e. The summed E-state index contributed by atoms with van der Waals surface area (Å²) in [7, 11) is 0. The SMILES string of the molecule is O=C1OC(c2ccco2)=N/C1=C\c1cccc(C(F)(F)F)c1. The van der Waals surface area contributed by atoms with Crippen LogP contribution in [0.1, 0.15) is 16.9 Å². The third-order valence-electron chi connectivity index (χ3n) is 2.87. The predicted octanol–water partition coefficient (Wildman–Crippen LogP) is 3.64. The minimum Gasteiger partial charge on any atom is -0.459 e. The number of cyclic esters (lactones) is 1. The van der Waals surface area contributed by atoms with Gasteiger partial charge in [0.1, 0.15) is 0 Å². The molecule has 1 aliphatic rings. The number of aliphatic imine (C=N–C) groups is 1. The number of ether oxygens (including phenoxy) is 1. The van der Waals surface area contributed by atoms with Crippen LogP contribution in [0.25, 0.3) is 6.08 Å². The first-order chi connectivity index (χ1) is 10.4. The monoisotopic (exact) mass is 307 g/mol. The number of carbonyl (C=O) groups is 1. The van der Waals surface area contributed by atoms with Crippen LogP contribution in [0.15, 0.2) is 57.8 Å². The summed E-state index contributed by atoms with van der Waals surface area (Å²) in [5.41, 5.74) is -0.694. The molecular formula is C15H8F3NO3. The first-order valence-corrected chi connectivity index (χ1v) is 6.17. The summed E-state index contributed by atoms with van der Waals surface area (Å²) in [6.45, 7) is 0. The molecule has 0 unspecified atom stereocenters. The van der Waals surface area contributed by atoms with E-state index >= 15 is 0 Å². The fourth-order valence-electron chi connectivity index (χ4n) is 1.88. The third-order valence-corrected chi connectivity index (χ3v) is 2.87. The van der Waals surface area contributed by atoms with Crippen molar-refractivity contribution in [1.82, 2.24) is 0 Å². The van der Waals surface area contributed by atoms with Crippen molar-refractivity contribution in [2.45, 2.75) is 6.18 Å². The van der Waals surface area contributed by atoms with Gasteiger partial charge in [0.2, 0.25) is 0 Å². The quantitative estimate of drug-likeness (QED) is 0.628. The molecule has 0 saturated heterocycles. The molecule has 22 heavy (non-hydrogen) atoms. The highest BCUT2D eigenvalue weighted by Gasteiger charge is 2.30. The van der Waals surface area contributed by atoms with Gasteiger partial charge in [0.25, 0.3) is 5.90 Å². The fraction of sp³-hybridized carbons (Fsp3) is 0.0667. The Labute approximate surface area is 122 Å². The van der Waals surface area contributed by atoms with Crippen molar-refractivity contribution >= 4 is 17.9 Å². The number of carbonyl (C=O) groups excluding carboxylic acids is 1. The second-order valence-corrected chi connectivity index (χ2v) is 4.44. The summed E-state index contributed by atoms with van der Waals surface area (Å²) in [6.07, 6.45) is -1.83. The molecule has 112 valence electrons. The van der Waals surface area contributed by atoms with Gasteiger partial charge >= 0.3 is 12.1 Å². The lowest BCUT2D eigenvalue weighted by Gasteiger charge is -2.06. The van der Waals surface area contributed by atoms with E-state index in [4.69, 9.17) is 9.15 Å². The van der Waals surface area contributed by atoms with Gasteiger partial charge in [-0.3, -0.25) is 0 Å². The van der Waals surface area contributed by atoms with E-state index in [1.807, 2.05) is 0 Å². The van der Waals surface area contributed by atoms with Crippen LogP contribution in [0.4, 0.5) is 13.2 Å². The molecule has 0 radical (unpaired) electrons. The topological polar surface area (TPSA) is 51.8 Å². The number of benzene rings is 1. The average Bonchev–Trinajstić information content (AvgIpc) is 3.09. The first-order valence-electron chi connectivity index (χ1n) is 6.17. The molecule has 0 amide bonds. The summed E-state index contributed by atoms with van der Waals surface area (Å²) >= 11 is 0. The Morgan fingerprint density at radius 2 is 1.95 bits per heavy atom. The van der Waals surface area contributed by atoms with Crippen molar-refractivity contribution in [2.24, 2.45) is 4.99 Å². The maximum atomic E-state index is 12.7. The molecule has 0 bridgehead atoms. The molecule has 0 atom stereocenters. The molecule has 0 spiro atoms. The van der Waals surface area contributed by atoms with E-state index in [9.17, 15) is 18.0 Å². The average molecular weight is 307 g/mol. The number of esters is 1. The van der Waals surface area contributed by atoms with Gasteiger partial charge < -0.3 is 9.15 Å². The van der Waals surface area contributed by atoms with Gasteiger partial charge in [-0.25, -0.2) is 9.79 Å². The van der Waals surface area contributed by atoms with Gasteiger partial charge in [0.15, 0.2) is 11.5 Å². The lowest BCUT2D eigenvalue weighted by Crippen LogP contribution is -2.05. The van der Waals surface area contributed by atoms with Gasteiger partial charge in [0.05, 0.1) is 11.8 Å². The molecule has 0 aliphatic carbocycles. The number of halogens is 3. The summed E-state index contributed by atoms with van der Waals surface area (Å²) in [4.78, 5) is 15.6. The Kier molecular flexibility index (Phi) is 3.32. The number of nitrogens with zero attached hydrogens (tertiary/aromatic N) is 1. The fourth-order valence-corrected chi connectivity index (χ4v) is 1.88. The molecule has 2 heterocycles. The highest BCUT2D eigenvalue weighted by atomic mass is 19.4. The highest BCUT2D eigenvalue weighted by Crippen LogP contribution is 2.30. The van der Waals surface area contributed by atoms with Crippen LogP contribution >= 0.6 is 0 Å². The summed E-state index contributed by atoms with van der Waals surface area (Å²) in [5, 5.41) is 0. The molecule has 1 aliphatic heterocycles. The van der Waals surface area contributed by atoms with Crippen LogP contribution < -0.4 is 0 Å². The van der Waals surface area contributed by atoms with Crippen LogP contribution in [-0.2, 0) is 15.7 Å². The Balaban J connectivity index is 1.94. The number of alkyl halides is 3. The van der Waals surface area contributed by atoms with Crippen LogP contribution in [-0.4, -0.2) is 11.9 Å². The largest absolute Gasteiger partial charge is 0.459 e. The zero-order valence-electron chi connectivity index (χ0n) is 10.9. The van der Waals surface area contributed by atoms with E-state index in [2.05, 4.69) is 4.99 Å². The molecule has 1 aromatic heterocycles. The Bertz CT molecular complexity index is 774. The number of rotatable bonds is 2. The first kappa shape index (κ1) is 14.1. The zero-order chi connectivity index (χ0) is 15.7. The van der Waals surface area contributed by atoms with E-state index in [1.165, 1.54) is 24.5 Å². The zero-order valence-corrected chi connectivity index (χ0v) is 10.9. The summed E-state index contributed by atoms with van der Waals surface area (Å²) < 4.78 is 47.9. The molecule has 0 fully saturated rings. The van der Waals surface area contributed by atoms with Crippen LogP contribution in [0.2, 0.25) is 0 Å². The van der Waals surface area contributed by atoms with Crippen molar-refractivity contribution < 1.29 is 27.1 Å². The van der Waals surface area contributed by atoms with Crippen molar-refractivity contribution in [1.29, 1.82) is 0 Å². The molecule has 0 N–H and O–H groups in total. The standard InChI is InChI=1S/C15H8F3NO3/c16-15(17,18)10-4-1-3-9(7-10)8-11-14(20)22-13(19-11)12-5-2-6-21-12/h1-8H/b11-8-. The number of hydrogen-bond acceptors (Lipinski definition) is 4.